The van der Waals surface area contributed by atoms with Crippen LogP contribution in [0.1, 0.15) is 5.56 Å². The van der Waals surface area contributed by atoms with Crippen LogP contribution in [-0.4, -0.2) is 27.0 Å². The molecular formula is C16H13BFNO2. The van der Waals surface area contributed by atoms with E-state index in [0.717, 1.165) is 5.56 Å². The molecule has 1 heterocycles. The predicted molar refractivity (Wildman–Crippen MR) is 79.4 cm³/mol. The fourth-order valence-corrected chi connectivity index (χ4v) is 2.32. The second-order valence-electron chi connectivity index (χ2n) is 5.16. The molecule has 1 aliphatic heterocycles. The van der Waals surface area contributed by atoms with Crippen molar-refractivity contribution in [3.8, 4) is 0 Å². The lowest BCUT2D eigenvalue weighted by molar-refractivity contribution is -0.139. The number of halogens is 1. The first-order chi connectivity index (χ1) is 10.1. The number of rotatable bonds is 3. The maximum atomic E-state index is 12.9. The minimum atomic E-state index is -0.706. The molecule has 0 aromatic heterocycles. The fraction of sp³-hybridized carbons (Fsp3) is 0.188. The lowest BCUT2D eigenvalue weighted by Gasteiger charge is -2.40. The van der Waals surface area contributed by atoms with Gasteiger partial charge in [0, 0.05) is 5.69 Å². The predicted octanol–water partition coefficient (Wildman–Crippen LogP) is 1.53. The summed E-state index contributed by atoms with van der Waals surface area (Å²) in [4.78, 5) is 12.6. The van der Waals surface area contributed by atoms with Gasteiger partial charge in [-0.05, 0) is 29.8 Å². The van der Waals surface area contributed by atoms with Gasteiger partial charge < -0.3 is 10.1 Å². The summed E-state index contributed by atoms with van der Waals surface area (Å²) in [6.45, 7) is 0.647. The van der Waals surface area contributed by atoms with Gasteiger partial charge in [-0.1, -0.05) is 29.7 Å². The van der Waals surface area contributed by atoms with E-state index in [0.29, 0.717) is 24.4 Å². The monoisotopic (exact) mass is 281 g/mol. The first kappa shape index (κ1) is 13.8. The number of benzene rings is 2. The van der Waals surface area contributed by atoms with Gasteiger partial charge in [-0.25, -0.2) is 4.39 Å². The van der Waals surface area contributed by atoms with Crippen LogP contribution < -0.4 is 10.8 Å². The van der Waals surface area contributed by atoms with Crippen molar-refractivity contribution >= 4 is 24.9 Å². The normalized spacial score (nSPS) is 16.0. The minimum absolute atomic E-state index is 0.162. The Hall–Kier alpha value is -2.14. The highest BCUT2D eigenvalue weighted by Gasteiger charge is 2.47. The molecule has 2 radical (unpaired) electrons. The number of amides is 1. The summed E-state index contributed by atoms with van der Waals surface area (Å²) in [6.07, 6.45) is 0. The largest absolute Gasteiger partial charge is 0.378 e. The van der Waals surface area contributed by atoms with Crippen LogP contribution in [0.2, 0.25) is 0 Å². The van der Waals surface area contributed by atoms with Crippen LogP contribution in [0, 0.1) is 5.82 Å². The molecule has 1 saturated heterocycles. The molecule has 5 heteroatoms. The van der Waals surface area contributed by atoms with E-state index in [1.54, 1.807) is 12.1 Å². The van der Waals surface area contributed by atoms with Crippen LogP contribution in [0.3, 0.4) is 0 Å². The second-order valence-corrected chi connectivity index (χ2v) is 5.16. The van der Waals surface area contributed by atoms with Gasteiger partial charge in [0.15, 0.2) is 0 Å². The summed E-state index contributed by atoms with van der Waals surface area (Å²) >= 11 is 0. The van der Waals surface area contributed by atoms with Crippen LogP contribution in [0.15, 0.2) is 48.5 Å². The lowest BCUT2D eigenvalue weighted by Crippen LogP contribution is -2.55. The molecule has 1 amide bonds. The molecular weight excluding hydrogens is 268 g/mol. The van der Waals surface area contributed by atoms with Gasteiger partial charge >= 0.3 is 0 Å². The van der Waals surface area contributed by atoms with Crippen LogP contribution in [0.25, 0.3) is 0 Å². The number of hydrogen-bond acceptors (Lipinski definition) is 2. The molecule has 3 rings (SSSR count). The highest BCUT2D eigenvalue weighted by molar-refractivity contribution is 6.32. The standard InChI is InChI=1S/C16H13BFNO2/c17-12-3-1-11(2-4-12)16(9-21-10-16)15(20)19-14-7-5-13(18)6-8-14/h1-8H,9-10H2,(H,19,20). The summed E-state index contributed by atoms with van der Waals surface area (Å²) in [5.74, 6) is -0.502. The van der Waals surface area contributed by atoms with Crippen LogP contribution >= 0.6 is 0 Å². The summed E-state index contributed by atoms with van der Waals surface area (Å²) in [7, 11) is 5.68. The van der Waals surface area contributed by atoms with Gasteiger partial charge in [0.2, 0.25) is 5.91 Å². The molecule has 0 atom stereocenters. The van der Waals surface area contributed by atoms with Crippen molar-refractivity contribution in [2.75, 3.05) is 18.5 Å². The van der Waals surface area contributed by atoms with E-state index >= 15 is 0 Å². The number of anilines is 1. The number of carbonyl (C=O) groups is 1. The summed E-state index contributed by atoms with van der Waals surface area (Å²) in [5.41, 5.74) is 1.36. The zero-order valence-electron chi connectivity index (χ0n) is 11.3. The van der Waals surface area contributed by atoms with Crippen molar-refractivity contribution in [3.05, 3.63) is 59.9 Å². The average molecular weight is 281 g/mol. The molecule has 1 aliphatic rings. The van der Waals surface area contributed by atoms with Gasteiger partial charge in [-0.2, -0.15) is 0 Å². The van der Waals surface area contributed by atoms with Gasteiger partial charge in [-0.3, -0.25) is 4.79 Å². The first-order valence-electron chi connectivity index (χ1n) is 6.61. The lowest BCUT2D eigenvalue weighted by atomic mass is 9.76. The van der Waals surface area contributed by atoms with Gasteiger partial charge in [-0.15, -0.1) is 0 Å². The third-order valence-corrected chi connectivity index (χ3v) is 3.70. The van der Waals surface area contributed by atoms with E-state index in [1.807, 2.05) is 12.1 Å². The Morgan fingerprint density at radius 1 is 1.10 bits per heavy atom. The number of nitrogens with one attached hydrogen (secondary N) is 1. The Kier molecular flexibility index (Phi) is 3.51. The number of carbonyl (C=O) groups excluding carboxylic acids is 1. The Labute approximate surface area is 123 Å². The van der Waals surface area contributed by atoms with Crippen molar-refractivity contribution in [2.24, 2.45) is 0 Å². The molecule has 0 saturated carbocycles. The van der Waals surface area contributed by atoms with Crippen LogP contribution in [0.5, 0.6) is 0 Å². The summed E-state index contributed by atoms with van der Waals surface area (Å²) in [5, 5.41) is 2.81. The Morgan fingerprint density at radius 3 is 2.24 bits per heavy atom. The van der Waals surface area contributed by atoms with Crippen LogP contribution in [-0.2, 0) is 14.9 Å². The highest BCUT2D eigenvalue weighted by Crippen LogP contribution is 2.33. The molecule has 2 aromatic rings. The topological polar surface area (TPSA) is 38.3 Å². The molecule has 1 N–H and O–H groups in total. The molecule has 104 valence electrons. The molecule has 21 heavy (non-hydrogen) atoms. The van der Waals surface area contributed by atoms with Crippen molar-refractivity contribution in [1.29, 1.82) is 0 Å². The molecule has 0 unspecified atom stereocenters. The third-order valence-electron chi connectivity index (χ3n) is 3.70. The van der Waals surface area contributed by atoms with Crippen molar-refractivity contribution in [2.45, 2.75) is 5.41 Å². The Morgan fingerprint density at radius 2 is 1.71 bits per heavy atom. The van der Waals surface area contributed by atoms with Crippen LogP contribution in [0.4, 0.5) is 10.1 Å². The molecule has 0 spiro atoms. The molecule has 0 bridgehead atoms. The number of hydrogen-bond donors (Lipinski definition) is 1. The van der Waals surface area contributed by atoms with E-state index in [1.165, 1.54) is 24.3 Å². The quantitative estimate of drug-likeness (QED) is 0.866. The zero-order chi connectivity index (χ0) is 14.9. The summed E-state index contributed by atoms with van der Waals surface area (Å²) in [6, 6.07) is 12.9. The van der Waals surface area contributed by atoms with E-state index in [4.69, 9.17) is 12.6 Å². The van der Waals surface area contributed by atoms with E-state index in [2.05, 4.69) is 5.32 Å². The van der Waals surface area contributed by atoms with Gasteiger partial charge in [0.1, 0.15) is 19.1 Å². The molecule has 3 nitrogen and oxygen atoms in total. The fourth-order valence-electron chi connectivity index (χ4n) is 2.32. The smallest absolute Gasteiger partial charge is 0.239 e. The van der Waals surface area contributed by atoms with E-state index in [-0.39, 0.29) is 11.7 Å². The highest BCUT2D eigenvalue weighted by atomic mass is 19.1. The zero-order valence-corrected chi connectivity index (χ0v) is 11.3. The third kappa shape index (κ3) is 2.57. The first-order valence-corrected chi connectivity index (χ1v) is 6.61. The van der Waals surface area contributed by atoms with E-state index < -0.39 is 5.41 Å². The Bertz CT molecular complexity index is 651. The van der Waals surface area contributed by atoms with Gasteiger partial charge in [0.05, 0.1) is 13.2 Å². The number of ether oxygens (including phenoxy) is 1. The van der Waals surface area contributed by atoms with Crippen molar-refractivity contribution in [1.82, 2.24) is 0 Å². The maximum absolute atomic E-state index is 12.9. The molecule has 2 aromatic carbocycles. The minimum Gasteiger partial charge on any atom is -0.378 e. The van der Waals surface area contributed by atoms with Gasteiger partial charge in [0.25, 0.3) is 0 Å². The average Bonchev–Trinajstić information content (AvgIpc) is 2.42. The van der Waals surface area contributed by atoms with Crippen molar-refractivity contribution in [3.63, 3.8) is 0 Å². The molecule has 1 fully saturated rings. The Balaban J connectivity index is 1.83. The molecule has 0 aliphatic carbocycles. The summed E-state index contributed by atoms with van der Waals surface area (Å²) < 4.78 is 18.1. The second kappa shape index (κ2) is 5.33. The maximum Gasteiger partial charge on any atom is 0.239 e. The van der Waals surface area contributed by atoms with E-state index in [9.17, 15) is 9.18 Å². The van der Waals surface area contributed by atoms with Crippen molar-refractivity contribution < 1.29 is 13.9 Å². The SMILES string of the molecule is [B]c1ccc(C2(C(=O)Nc3ccc(F)cc3)COC2)cc1.